The lowest BCUT2D eigenvalue weighted by molar-refractivity contribution is -0.144. The highest BCUT2D eigenvalue weighted by molar-refractivity contribution is 7.99. The first-order chi connectivity index (χ1) is 13.3. The fourth-order valence-electron chi connectivity index (χ4n) is 2.67. The van der Waals surface area contributed by atoms with Crippen LogP contribution in [0.4, 0.5) is 22.7 Å². The highest BCUT2D eigenvalue weighted by atomic mass is 32.2. The number of hydrogen-bond acceptors (Lipinski definition) is 9. The largest absolute Gasteiger partial charge is 0.399 e. The van der Waals surface area contributed by atoms with Crippen LogP contribution in [0.3, 0.4) is 0 Å². The van der Waals surface area contributed by atoms with Gasteiger partial charge in [-0.2, -0.15) is 0 Å². The van der Waals surface area contributed by atoms with Gasteiger partial charge in [0.05, 0.1) is 18.0 Å². The van der Waals surface area contributed by atoms with Crippen LogP contribution in [0.5, 0.6) is 0 Å². The Morgan fingerprint density at radius 3 is 2.36 bits per heavy atom. The first-order valence-electron chi connectivity index (χ1n) is 8.42. The van der Waals surface area contributed by atoms with E-state index in [0.29, 0.717) is 11.4 Å². The van der Waals surface area contributed by atoms with Gasteiger partial charge in [0.2, 0.25) is 0 Å². The Labute approximate surface area is 164 Å². The molecule has 0 radical (unpaired) electrons. The molecule has 2 aromatic carbocycles. The fraction of sp³-hybridized carbons (Fsp3) is 0.278. The molecule has 1 heterocycles. The molecular formula is C18H21N3O6S. The van der Waals surface area contributed by atoms with Gasteiger partial charge in [0.25, 0.3) is 5.91 Å². The number of anilines is 4. The van der Waals surface area contributed by atoms with Crippen molar-refractivity contribution in [3.8, 4) is 0 Å². The summed E-state index contributed by atoms with van der Waals surface area (Å²) in [4.78, 5) is 13.9. The predicted molar refractivity (Wildman–Crippen MR) is 104 cm³/mol. The van der Waals surface area contributed by atoms with Crippen LogP contribution >= 0.6 is 11.8 Å². The Hall–Kier alpha value is -2.34. The van der Waals surface area contributed by atoms with Gasteiger partial charge in [0.1, 0.15) is 18.3 Å². The molecule has 0 aliphatic carbocycles. The molecule has 1 amide bonds. The van der Waals surface area contributed by atoms with E-state index in [1.165, 1.54) is 11.8 Å². The summed E-state index contributed by atoms with van der Waals surface area (Å²) >= 11 is 1.46. The lowest BCUT2D eigenvalue weighted by Gasteiger charge is -2.25. The molecule has 1 aliphatic rings. The van der Waals surface area contributed by atoms with Gasteiger partial charge < -0.3 is 41.9 Å². The molecule has 9 nitrogen and oxygen atoms in total. The predicted octanol–water partition coefficient (Wildman–Crippen LogP) is -0.149. The summed E-state index contributed by atoms with van der Waals surface area (Å²) in [6.45, 7) is -0.826. The quantitative estimate of drug-likeness (QED) is 0.259. The molecule has 0 aromatic heterocycles. The second kappa shape index (κ2) is 8.35. The van der Waals surface area contributed by atoms with E-state index >= 15 is 0 Å². The number of aliphatic hydroxyl groups excluding tert-OH is 5. The lowest BCUT2D eigenvalue weighted by Crippen LogP contribution is -2.50. The normalized spacial score (nSPS) is 16.8. The number of nitrogens with one attached hydrogen (secondary N) is 2. The molecule has 0 bridgehead atoms. The summed E-state index contributed by atoms with van der Waals surface area (Å²) in [6, 6.07) is 10.6. The molecule has 0 saturated heterocycles. The van der Waals surface area contributed by atoms with Gasteiger partial charge in [-0.25, -0.2) is 0 Å². The van der Waals surface area contributed by atoms with Crippen LogP contribution in [0, 0.1) is 0 Å². The topological polar surface area (TPSA) is 168 Å². The van der Waals surface area contributed by atoms with Crippen molar-refractivity contribution >= 4 is 40.4 Å². The van der Waals surface area contributed by atoms with Gasteiger partial charge in [-0.1, -0.05) is 11.8 Å². The van der Waals surface area contributed by atoms with Gasteiger partial charge in [0.15, 0.2) is 6.10 Å². The zero-order valence-electron chi connectivity index (χ0n) is 14.6. The van der Waals surface area contributed by atoms with Crippen LogP contribution in [0.25, 0.3) is 0 Å². The smallest absolute Gasteiger partial charge is 0.256 e. The molecule has 28 heavy (non-hydrogen) atoms. The van der Waals surface area contributed by atoms with Crippen molar-refractivity contribution in [2.24, 2.45) is 0 Å². The van der Waals surface area contributed by atoms with Crippen LogP contribution in [-0.4, -0.2) is 62.5 Å². The van der Waals surface area contributed by atoms with Gasteiger partial charge in [0, 0.05) is 21.2 Å². The second-order valence-corrected chi connectivity index (χ2v) is 7.44. The summed E-state index contributed by atoms with van der Waals surface area (Å²) in [6.07, 6.45) is -7.53. The Morgan fingerprint density at radius 2 is 1.68 bits per heavy atom. The van der Waals surface area contributed by atoms with E-state index in [2.05, 4.69) is 10.6 Å². The molecule has 3 rings (SSSR count). The molecule has 0 spiro atoms. The maximum atomic E-state index is 12.2. The minimum atomic E-state index is -2.00. The van der Waals surface area contributed by atoms with Gasteiger partial charge >= 0.3 is 0 Å². The molecular weight excluding hydrogens is 386 g/mol. The molecule has 10 heteroatoms. The molecule has 4 atom stereocenters. The minimum Gasteiger partial charge on any atom is -0.399 e. The van der Waals surface area contributed by atoms with Crippen molar-refractivity contribution in [1.29, 1.82) is 0 Å². The zero-order valence-corrected chi connectivity index (χ0v) is 15.4. The van der Waals surface area contributed by atoms with E-state index in [9.17, 15) is 25.2 Å². The Bertz CT molecular complexity index is 880. The third kappa shape index (κ3) is 4.22. The number of aliphatic hydroxyl groups is 5. The zero-order chi connectivity index (χ0) is 20.4. The van der Waals surface area contributed by atoms with Gasteiger partial charge in [-0.05, 0) is 36.4 Å². The number of nitrogen functional groups attached to an aromatic ring is 1. The van der Waals surface area contributed by atoms with Crippen molar-refractivity contribution in [3.63, 3.8) is 0 Å². The third-order valence-electron chi connectivity index (χ3n) is 4.27. The van der Waals surface area contributed by atoms with Crippen molar-refractivity contribution in [3.05, 3.63) is 36.4 Å². The Balaban J connectivity index is 1.71. The maximum absolute atomic E-state index is 12.2. The van der Waals surface area contributed by atoms with Crippen molar-refractivity contribution < 1.29 is 30.3 Å². The van der Waals surface area contributed by atoms with Crippen molar-refractivity contribution in [1.82, 2.24) is 0 Å². The fourth-order valence-corrected chi connectivity index (χ4v) is 3.75. The molecule has 0 saturated carbocycles. The molecule has 0 fully saturated rings. The summed E-state index contributed by atoms with van der Waals surface area (Å²) < 4.78 is 0. The maximum Gasteiger partial charge on any atom is 0.256 e. The standard InChI is InChI=1S/C18H21N3O6S/c19-8-1-3-10-13(5-8)28-14-6-9(2-4-11(14)21-10)20-18(27)17(26)16(25)15(24)12(23)7-22/h1-6,12,15-17,21-26H,7,19H2,(H,20,27). The van der Waals surface area contributed by atoms with E-state index in [1.807, 2.05) is 12.1 Å². The summed E-state index contributed by atoms with van der Waals surface area (Å²) in [5.41, 5.74) is 8.56. The summed E-state index contributed by atoms with van der Waals surface area (Å²) in [5, 5.41) is 53.2. The minimum absolute atomic E-state index is 0.369. The van der Waals surface area contributed by atoms with Crippen LogP contribution < -0.4 is 16.4 Å². The average Bonchev–Trinajstić information content (AvgIpc) is 2.69. The van der Waals surface area contributed by atoms with E-state index < -0.39 is 36.9 Å². The van der Waals surface area contributed by atoms with Crippen LogP contribution in [0.2, 0.25) is 0 Å². The molecule has 4 unspecified atom stereocenters. The number of nitrogens with two attached hydrogens (primary N) is 1. The second-order valence-electron chi connectivity index (χ2n) is 6.36. The highest BCUT2D eigenvalue weighted by Crippen LogP contribution is 2.45. The van der Waals surface area contributed by atoms with Crippen LogP contribution in [0.1, 0.15) is 0 Å². The lowest BCUT2D eigenvalue weighted by atomic mass is 10.0. The Kier molecular flexibility index (Phi) is 6.08. The van der Waals surface area contributed by atoms with E-state index in [1.54, 1.807) is 24.3 Å². The number of hydrogen-bond donors (Lipinski definition) is 8. The number of rotatable bonds is 6. The molecule has 2 aromatic rings. The van der Waals surface area contributed by atoms with E-state index in [-0.39, 0.29) is 0 Å². The van der Waals surface area contributed by atoms with Crippen molar-refractivity contribution in [2.75, 3.05) is 23.0 Å². The molecule has 9 N–H and O–H groups in total. The number of carbonyl (C=O) groups excluding carboxylic acids is 1. The van der Waals surface area contributed by atoms with Crippen molar-refractivity contribution in [2.45, 2.75) is 34.2 Å². The monoisotopic (exact) mass is 407 g/mol. The first-order valence-corrected chi connectivity index (χ1v) is 9.24. The van der Waals surface area contributed by atoms with Crippen LogP contribution in [0.15, 0.2) is 46.2 Å². The summed E-state index contributed by atoms with van der Waals surface area (Å²) in [7, 11) is 0. The molecule has 1 aliphatic heterocycles. The first kappa shape index (κ1) is 20.4. The summed E-state index contributed by atoms with van der Waals surface area (Å²) in [5.74, 6) is -0.963. The number of carbonyl (C=O) groups is 1. The van der Waals surface area contributed by atoms with Crippen LogP contribution in [-0.2, 0) is 4.79 Å². The molecule has 150 valence electrons. The number of benzene rings is 2. The third-order valence-corrected chi connectivity index (χ3v) is 5.38. The number of amides is 1. The number of fused-ring (bicyclic) bond motifs is 2. The average molecular weight is 407 g/mol. The van der Waals surface area contributed by atoms with Gasteiger partial charge in [-0.3, -0.25) is 4.79 Å². The van der Waals surface area contributed by atoms with Gasteiger partial charge in [-0.15, -0.1) is 0 Å². The Morgan fingerprint density at radius 1 is 1.04 bits per heavy atom. The SMILES string of the molecule is Nc1ccc2c(c1)Sc1cc(NC(=O)C(O)C(O)C(O)C(O)CO)ccc1N2. The van der Waals surface area contributed by atoms with E-state index in [4.69, 9.17) is 10.8 Å². The van der Waals surface area contributed by atoms with E-state index in [0.717, 1.165) is 21.2 Å². The highest BCUT2D eigenvalue weighted by Gasteiger charge is 2.34.